The normalized spacial score (nSPS) is 11.8. The van der Waals surface area contributed by atoms with Crippen LogP contribution in [0.1, 0.15) is 10.4 Å². The van der Waals surface area contributed by atoms with E-state index in [9.17, 15) is 4.79 Å². The Morgan fingerprint density at radius 1 is 1.09 bits per heavy atom. The summed E-state index contributed by atoms with van der Waals surface area (Å²) in [4.78, 5) is 19.4. The third-order valence-corrected chi connectivity index (χ3v) is 3.98. The van der Waals surface area contributed by atoms with Crippen molar-refractivity contribution in [1.29, 1.82) is 0 Å². The van der Waals surface area contributed by atoms with E-state index in [1.165, 1.54) is 6.20 Å². The molecule has 0 spiro atoms. The van der Waals surface area contributed by atoms with Crippen molar-refractivity contribution in [2.45, 2.75) is 3.79 Å². The zero-order valence-corrected chi connectivity index (χ0v) is 13.9. The topological polar surface area (TPSA) is 45.8 Å². The Balaban J connectivity index is 2.13. The lowest BCUT2D eigenvalue weighted by Crippen LogP contribution is -2.18. The van der Waals surface area contributed by atoms with Gasteiger partial charge in [-0.05, 0) is 23.8 Å². The van der Waals surface area contributed by atoms with E-state index in [1.807, 2.05) is 18.2 Å². The van der Waals surface area contributed by atoms with Crippen molar-refractivity contribution in [2.24, 2.45) is 0 Å². The summed E-state index contributed by atoms with van der Waals surface area (Å²) in [6.45, 7) is 0. The number of ketones is 1. The molecule has 0 fully saturated rings. The highest BCUT2D eigenvalue weighted by molar-refractivity contribution is 6.77. The van der Waals surface area contributed by atoms with Crippen LogP contribution in [0, 0.1) is 0 Å². The van der Waals surface area contributed by atoms with E-state index >= 15 is 0 Å². The van der Waals surface area contributed by atoms with Gasteiger partial charge in [-0.15, -0.1) is 0 Å². The minimum atomic E-state index is -2.01. The highest BCUT2D eigenvalue weighted by Crippen LogP contribution is 2.34. The van der Waals surface area contributed by atoms with Gasteiger partial charge in [0.15, 0.2) is 0 Å². The van der Waals surface area contributed by atoms with E-state index in [0.717, 1.165) is 11.1 Å². The molecular formula is C15H8Cl4N2O. The maximum atomic E-state index is 12.2. The second kappa shape index (κ2) is 5.74. The van der Waals surface area contributed by atoms with Gasteiger partial charge in [0.25, 0.3) is 3.79 Å². The molecule has 0 aliphatic carbocycles. The number of alkyl halides is 3. The van der Waals surface area contributed by atoms with E-state index in [2.05, 4.69) is 9.97 Å². The molecule has 0 saturated heterocycles. The number of carbonyl (C=O) groups excluding carboxylic acids is 1. The number of nitrogens with one attached hydrogen (secondary N) is 1. The number of halogens is 4. The number of rotatable bonds is 2. The number of Topliss-reactive ketones (excluding diaryl/α,β-unsaturated/α-hetero) is 1. The van der Waals surface area contributed by atoms with Gasteiger partial charge in [-0.2, -0.15) is 0 Å². The number of H-pyrrole nitrogens is 1. The molecule has 1 aromatic carbocycles. The molecule has 3 rings (SSSR count). The molecule has 0 amide bonds. The molecule has 2 aromatic heterocycles. The first kappa shape index (κ1) is 15.6. The maximum absolute atomic E-state index is 12.2. The summed E-state index contributed by atoms with van der Waals surface area (Å²) in [6.07, 6.45) is 3.19. The number of aromatic nitrogens is 2. The highest BCUT2D eigenvalue weighted by Gasteiger charge is 2.33. The number of pyridine rings is 1. The lowest BCUT2D eigenvalue weighted by Gasteiger charge is -2.08. The summed E-state index contributed by atoms with van der Waals surface area (Å²) >= 11 is 22.9. The van der Waals surface area contributed by atoms with Crippen molar-refractivity contribution < 1.29 is 4.79 Å². The van der Waals surface area contributed by atoms with Crippen molar-refractivity contribution in [1.82, 2.24) is 9.97 Å². The van der Waals surface area contributed by atoms with Crippen molar-refractivity contribution in [3.63, 3.8) is 0 Å². The summed E-state index contributed by atoms with van der Waals surface area (Å²) in [6, 6.07) is 9.13. The van der Waals surface area contributed by atoms with Crippen LogP contribution in [0.4, 0.5) is 0 Å². The molecule has 22 heavy (non-hydrogen) atoms. The smallest absolute Gasteiger partial charge is 0.253 e. The lowest BCUT2D eigenvalue weighted by atomic mass is 10.0. The summed E-state index contributed by atoms with van der Waals surface area (Å²) in [5.74, 6) is -0.598. The van der Waals surface area contributed by atoms with E-state index in [4.69, 9.17) is 46.4 Å². The fourth-order valence-electron chi connectivity index (χ4n) is 2.14. The molecular weight excluding hydrogens is 366 g/mol. The van der Waals surface area contributed by atoms with Crippen molar-refractivity contribution in [2.75, 3.05) is 0 Å². The van der Waals surface area contributed by atoms with Gasteiger partial charge in [0.2, 0.25) is 5.78 Å². The lowest BCUT2D eigenvalue weighted by molar-refractivity contribution is 0.0998. The van der Waals surface area contributed by atoms with Crippen LogP contribution in [0.3, 0.4) is 0 Å². The third-order valence-electron chi connectivity index (χ3n) is 3.21. The molecule has 1 N–H and O–H groups in total. The Labute approximate surface area is 146 Å². The number of benzene rings is 1. The Morgan fingerprint density at radius 3 is 2.41 bits per heavy atom. The van der Waals surface area contributed by atoms with Crippen LogP contribution in [0.25, 0.3) is 22.2 Å². The van der Waals surface area contributed by atoms with Crippen LogP contribution >= 0.6 is 46.4 Å². The van der Waals surface area contributed by atoms with Gasteiger partial charge in [-0.25, -0.2) is 4.98 Å². The molecule has 112 valence electrons. The van der Waals surface area contributed by atoms with Crippen LogP contribution in [0.15, 0.2) is 42.7 Å². The van der Waals surface area contributed by atoms with Gasteiger partial charge in [0, 0.05) is 33.9 Å². The number of fused-ring (bicyclic) bond motifs is 1. The SMILES string of the molecule is O=C(c1c[nH]c2ncc(-c3ccc(Cl)cc3)cc12)C(Cl)(Cl)Cl. The number of aromatic amines is 1. The van der Waals surface area contributed by atoms with Gasteiger partial charge >= 0.3 is 0 Å². The summed E-state index contributed by atoms with van der Waals surface area (Å²) in [5, 5.41) is 1.25. The first-order valence-corrected chi connectivity index (χ1v) is 7.72. The second-order valence-electron chi connectivity index (χ2n) is 4.66. The number of carbonyl (C=O) groups is 1. The summed E-state index contributed by atoms with van der Waals surface area (Å²) < 4.78 is -2.01. The quantitative estimate of drug-likeness (QED) is 0.480. The zero-order valence-electron chi connectivity index (χ0n) is 10.9. The van der Waals surface area contributed by atoms with E-state index in [-0.39, 0.29) is 0 Å². The molecule has 7 heteroatoms. The van der Waals surface area contributed by atoms with Crippen molar-refractivity contribution >= 4 is 63.2 Å². The molecule has 3 aromatic rings. The van der Waals surface area contributed by atoms with Crippen LogP contribution in [-0.4, -0.2) is 19.5 Å². The molecule has 0 aliphatic rings. The first-order chi connectivity index (χ1) is 10.4. The number of hydrogen-bond acceptors (Lipinski definition) is 2. The van der Waals surface area contributed by atoms with Gasteiger partial charge in [-0.3, -0.25) is 4.79 Å². The number of nitrogens with zero attached hydrogens (tertiary/aromatic N) is 1. The average molecular weight is 374 g/mol. The minimum Gasteiger partial charge on any atom is -0.345 e. The molecule has 0 aliphatic heterocycles. The monoisotopic (exact) mass is 372 g/mol. The van der Waals surface area contributed by atoms with Crippen molar-refractivity contribution in [3.8, 4) is 11.1 Å². The summed E-state index contributed by atoms with van der Waals surface area (Å²) in [7, 11) is 0. The Hall–Kier alpha value is -1.26. The molecule has 0 radical (unpaired) electrons. The van der Waals surface area contributed by atoms with E-state index in [0.29, 0.717) is 21.6 Å². The summed E-state index contributed by atoms with van der Waals surface area (Å²) in [5.41, 5.74) is 2.60. The van der Waals surface area contributed by atoms with Crippen LogP contribution in [0.5, 0.6) is 0 Å². The molecule has 2 heterocycles. The van der Waals surface area contributed by atoms with Gasteiger partial charge < -0.3 is 4.98 Å². The molecule has 0 saturated carbocycles. The Bertz CT molecular complexity index is 850. The largest absolute Gasteiger partial charge is 0.345 e. The Kier molecular flexibility index (Phi) is 4.08. The zero-order chi connectivity index (χ0) is 15.9. The van der Waals surface area contributed by atoms with Crippen LogP contribution in [-0.2, 0) is 0 Å². The third kappa shape index (κ3) is 2.95. The molecule has 0 bridgehead atoms. The minimum absolute atomic E-state index is 0.290. The fraction of sp³-hybridized carbons (Fsp3) is 0.0667. The van der Waals surface area contributed by atoms with Crippen molar-refractivity contribution in [3.05, 3.63) is 53.3 Å². The molecule has 0 unspecified atom stereocenters. The predicted molar refractivity (Wildman–Crippen MR) is 91.2 cm³/mol. The highest BCUT2D eigenvalue weighted by atomic mass is 35.6. The predicted octanol–water partition coefficient (Wildman–Crippen LogP) is 5.44. The maximum Gasteiger partial charge on any atom is 0.253 e. The first-order valence-electron chi connectivity index (χ1n) is 6.21. The van der Waals surface area contributed by atoms with Gasteiger partial charge in [0.1, 0.15) is 5.65 Å². The van der Waals surface area contributed by atoms with E-state index in [1.54, 1.807) is 18.3 Å². The van der Waals surface area contributed by atoms with Crippen LogP contribution < -0.4 is 0 Å². The van der Waals surface area contributed by atoms with Gasteiger partial charge in [-0.1, -0.05) is 58.5 Å². The standard InChI is InChI=1S/C15H8Cl4N2O/c16-10-3-1-8(2-4-10)9-5-11-12(13(22)15(17,18)19)7-21-14(11)20-6-9/h1-7H,(H,20,21). The Morgan fingerprint density at radius 2 is 1.77 bits per heavy atom. The fourth-order valence-corrected chi connectivity index (χ4v) is 2.58. The number of hydrogen-bond donors (Lipinski definition) is 1. The molecule has 0 atom stereocenters. The second-order valence-corrected chi connectivity index (χ2v) is 7.37. The van der Waals surface area contributed by atoms with Gasteiger partial charge in [0.05, 0.1) is 0 Å². The van der Waals surface area contributed by atoms with Crippen LogP contribution in [0.2, 0.25) is 5.02 Å². The molecule has 3 nitrogen and oxygen atoms in total. The average Bonchev–Trinajstić information content (AvgIpc) is 2.89. The van der Waals surface area contributed by atoms with E-state index < -0.39 is 9.58 Å².